The van der Waals surface area contributed by atoms with Crippen molar-refractivity contribution in [2.24, 2.45) is 0 Å². The van der Waals surface area contributed by atoms with Crippen molar-refractivity contribution in [3.8, 4) is 0 Å². The summed E-state index contributed by atoms with van der Waals surface area (Å²) >= 11 is 0. The molecule has 1 unspecified atom stereocenters. The van der Waals surface area contributed by atoms with Crippen molar-refractivity contribution in [2.75, 3.05) is 26.0 Å². The average Bonchev–Trinajstić information content (AvgIpc) is 3.24. The molecule has 4 rings (SSSR count). The number of aryl methyl sites for hydroxylation is 1. The Labute approximate surface area is 216 Å². The fraction of sp³-hybridized carbons (Fsp3) is 0.522. The van der Waals surface area contributed by atoms with Crippen LogP contribution in [0.3, 0.4) is 0 Å². The predicted molar refractivity (Wildman–Crippen MR) is 133 cm³/mol. The largest absolute Gasteiger partial charge is 0.353 e. The van der Waals surface area contributed by atoms with Gasteiger partial charge in [-0.2, -0.15) is 17.8 Å². The van der Waals surface area contributed by atoms with Crippen LogP contribution in [0.1, 0.15) is 42.1 Å². The lowest BCUT2D eigenvalue weighted by molar-refractivity contribution is -0.132. The molecule has 2 heterocycles. The molecular formula is C23H31N5O7S2. The summed E-state index contributed by atoms with van der Waals surface area (Å²) in [6.07, 6.45) is 4.45. The zero-order valence-corrected chi connectivity index (χ0v) is 22.3. The zero-order valence-electron chi connectivity index (χ0n) is 20.7. The predicted octanol–water partition coefficient (Wildman–Crippen LogP) is 0.241. The van der Waals surface area contributed by atoms with E-state index in [1.165, 1.54) is 12.1 Å². The zero-order chi connectivity index (χ0) is 26.8. The Morgan fingerprint density at radius 1 is 1.22 bits per heavy atom. The summed E-state index contributed by atoms with van der Waals surface area (Å²) < 4.78 is 56.6. The molecule has 0 bridgehead atoms. The normalized spacial score (nSPS) is 20.8. The van der Waals surface area contributed by atoms with Crippen molar-refractivity contribution in [2.45, 2.75) is 56.1 Å². The highest BCUT2D eigenvalue weighted by atomic mass is 32.2. The average molecular weight is 554 g/mol. The van der Waals surface area contributed by atoms with Crippen LogP contribution in [0.15, 0.2) is 35.4 Å². The second kappa shape index (κ2) is 10.9. The van der Waals surface area contributed by atoms with Crippen molar-refractivity contribution < 1.29 is 30.6 Å². The van der Waals surface area contributed by atoms with Crippen molar-refractivity contribution in [1.82, 2.24) is 24.7 Å². The van der Waals surface area contributed by atoms with Crippen LogP contribution in [0.2, 0.25) is 0 Å². The van der Waals surface area contributed by atoms with Gasteiger partial charge in [-0.1, -0.05) is 17.7 Å². The van der Waals surface area contributed by atoms with Gasteiger partial charge < -0.3 is 10.6 Å². The van der Waals surface area contributed by atoms with Gasteiger partial charge in [-0.3, -0.25) is 18.5 Å². The molecular weight excluding hydrogens is 522 g/mol. The van der Waals surface area contributed by atoms with Crippen LogP contribution in [0.5, 0.6) is 0 Å². The SMILES string of the molecule is Cc1ccc(S(=O)(=O)N2CCNC(=O)[C@H]2CC(=O)NC2CCCc3c2cnn3CCOS(C)(=O)=O)cc1. The monoisotopic (exact) mass is 553 g/mol. The lowest BCUT2D eigenvalue weighted by Crippen LogP contribution is -2.58. The summed E-state index contributed by atoms with van der Waals surface area (Å²) in [4.78, 5) is 25.8. The van der Waals surface area contributed by atoms with Crippen molar-refractivity contribution in [3.63, 3.8) is 0 Å². The number of carbonyl (C=O) groups is 2. The smallest absolute Gasteiger partial charge is 0.264 e. The molecule has 12 nitrogen and oxygen atoms in total. The number of carbonyl (C=O) groups excluding carboxylic acids is 2. The highest BCUT2D eigenvalue weighted by Crippen LogP contribution is 2.30. The maximum atomic E-state index is 13.3. The first kappa shape index (κ1) is 27.2. The number of nitrogens with one attached hydrogen (secondary N) is 2. The third kappa shape index (κ3) is 6.37. The minimum absolute atomic E-state index is 0.0495. The number of fused-ring (bicyclic) bond motifs is 1. The summed E-state index contributed by atoms with van der Waals surface area (Å²) in [6.45, 7) is 2.27. The maximum absolute atomic E-state index is 13.3. The number of rotatable bonds is 9. The maximum Gasteiger partial charge on any atom is 0.264 e. The standard InChI is InChI=1S/C23H31N5O7S2/c1-16-6-8-17(9-7-16)37(33,34)28-11-10-24-23(30)21(28)14-22(29)26-19-4-3-5-20-18(19)15-25-27(20)12-13-35-36(2,31)32/h6-9,15,19,21H,3-5,10-14H2,1-2H3,(H,24,30)(H,26,29)/t19?,21-/m1/s1. The van der Waals surface area contributed by atoms with Crippen LogP contribution in [-0.2, 0) is 46.9 Å². The summed E-state index contributed by atoms with van der Waals surface area (Å²) in [5, 5.41) is 9.92. The number of benzene rings is 1. The van der Waals surface area contributed by atoms with Gasteiger partial charge in [0.2, 0.25) is 21.8 Å². The molecule has 37 heavy (non-hydrogen) atoms. The number of amides is 2. The first-order valence-electron chi connectivity index (χ1n) is 12.0. The number of nitrogens with zero attached hydrogens (tertiary/aromatic N) is 3. The quantitative estimate of drug-likeness (QED) is 0.418. The van der Waals surface area contributed by atoms with Crippen LogP contribution in [-0.4, -0.2) is 74.7 Å². The van der Waals surface area contributed by atoms with Crippen LogP contribution in [0, 0.1) is 6.92 Å². The number of hydrogen-bond donors (Lipinski definition) is 2. The van der Waals surface area contributed by atoms with E-state index >= 15 is 0 Å². The van der Waals surface area contributed by atoms with Gasteiger partial charge >= 0.3 is 0 Å². The molecule has 2 aliphatic rings. The van der Waals surface area contributed by atoms with E-state index in [1.54, 1.807) is 23.0 Å². The van der Waals surface area contributed by atoms with Crippen molar-refractivity contribution in [1.29, 1.82) is 0 Å². The first-order chi connectivity index (χ1) is 17.5. The van der Waals surface area contributed by atoms with Gasteiger partial charge in [0.1, 0.15) is 6.04 Å². The second-order valence-electron chi connectivity index (χ2n) is 9.25. The molecule has 2 atom stereocenters. The molecule has 14 heteroatoms. The molecule has 1 fully saturated rings. The van der Waals surface area contributed by atoms with Gasteiger partial charge in [0.15, 0.2) is 0 Å². The molecule has 2 aromatic rings. The number of piperazine rings is 1. The molecule has 1 aromatic heterocycles. The topological polar surface area (TPSA) is 157 Å². The Morgan fingerprint density at radius 3 is 2.65 bits per heavy atom. The number of aromatic nitrogens is 2. The third-order valence-electron chi connectivity index (χ3n) is 6.49. The molecule has 2 amide bonds. The molecule has 1 aromatic carbocycles. The lowest BCUT2D eigenvalue weighted by Gasteiger charge is -2.34. The van der Waals surface area contributed by atoms with Gasteiger partial charge in [-0.05, 0) is 38.3 Å². The highest BCUT2D eigenvalue weighted by molar-refractivity contribution is 7.89. The Hall–Kier alpha value is -2.81. The van der Waals surface area contributed by atoms with Gasteiger partial charge in [-0.25, -0.2) is 8.42 Å². The molecule has 1 saturated heterocycles. The molecule has 1 aliphatic carbocycles. The number of hydrogen-bond acceptors (Lipinski definition) is 8. The summed E-state index contributed by atoms with van der Waals surface area (Å²) in [6, 6.07) is 4.85. The first-order valence-corrected chi connectivity index (χ1v) is 15.3. The van der Waals surface area contributed by atoms with Crippen molar-refractivity contribution >= 4 is 32.0 Å². The molecule has 0 saturated carbocycles. The minimum Gasteiger partial charge on any atom is -0.353 e. The van der Waals surface area contributed by atoms with Crippen LogP contribution in [0.4, 0.5) is 0 Å². The Kier molecular flexibility index (Phi) is 8.02. The van der Waals surface area contributed by atoms with Gasteiger partial charge in [0.05, 0.1) is 43.0 Å². The van der Waals surface area contributed by atoms with Gasteiger partial charge in [0, 0.05) is 24.3 Å². The fourth-order valence-electron chi connectivity index (χ4n) is 4.69. The van der Waals surface area contributed by atoms with Crippen LogP contribution in [0.25, 0.3) is 0 Å². The van der Waals surface area contributed by atoms with E-state index in [-0.39, 0.29) is 43.6 Å². The third-order valence-corrected chi connectivity index (χ3v) is 9.00. The van der Waals surface area contributed by atoms with Gasteiger partial charge in [-0.15, -0.1) is 0 Å². The molecule has 1 aliphatic heterocycles. The Morgan fingerprint density at radius 2 is 1.95 bits per heavy atom. The lowest BCUT2D eigenvalue weighted by atomic mass is 9.92. The summed E-state index contributed by atoms with van der Waals surface area (Å²) in [5.41, 5.74) is 2.60. The molecule has 202 valence electrons. The fourth-order valence-corrected chi connectivity index (χ4v) is 6.65. The number of sulfonamides is 1. The Balaban J connectivity index is 1.46. The molecule has 2 N–H and O–H groups in total. The van der Waals surface area contributed by atoms with E-state index in [4.69, 9.17) is 4.18 Å². The van der Waals surface area contributed by atoms with Crippen molar-refractivity contribution in [3.05, 3.63) is 47.3 Å². The van der Waals surface area contributed by atoms with E-state index in [0.717, 1.165) is 33.8 Å². The highest BCUT2D eigenvalue weighted by Gasteiger charge is 2.40. The second-order valence-corrected chi connectivity index (χ2v) is 12.8. The van der Waals surface area contributed by atoms with E-state index in [2.05, 4.69) is 15.7 Å². The van der Waals surface area contributed by atoms with E-state index in [0.29, 0.717) is 12.8 Å². The molecule has 0 radical (unpaired) electrons. The van der Waals surface area contributed by atoms with Crippen LogP contribution >= 0.6 is 0 Å². The van der Waals surface area contributed by atoms with Crippen LogP contribution < -0.4 is 10.6 Å². The Bertz CT molecular complexity index is 1370. The van der Waals surface area contributed by atoms with E-state index in [9.17, 15) is 26.4 Å². The summed E-state index contributed by atoms with van der Waals surface area (Å²) in [5.74, 6) is -0.961. The van der Waals surface area contributed by atoms with E-state index in [1.807, 2.05) is 6.92 Å². The van der Waals surface area contributed by atoms with Gasteiger partial charge in [0.25, 0.3) is 10.1 Å². The van der Waals surface area contributed by atoms with E-state index < -0.39 is 38.0 Å². The minimum atomic E-state index is -3.98. The summed E-state index contributed by atoms with van der Waals surface area (Å²) in [7, 11) is -7.54. The molecule has 0 spiro atoms.